The summed E-state index contributed by atoms with van der Waals surface area (Å²) in [6, 6.07) is 0. The van der Waals surface area contributed by atoms with Crippen LogP contribution in [0.1, 0.15) is 26.2 Å². The fraction of sp³-hybridized carbons (Fsp3) is 0.750. The third-order valence-electron chi connectivity index (χ3n) is 3.67. The molecule has 1 saturated heterocycles. The maximum Gasteiger partial charge on any atom is 0.346 e. The molecule has 1 fully saturated rings. The summed E-state index contributed by atoms with van der Waals surface area (Å²) in [5, 5.41) is 14.1. The minimum Gasteiger partial charge on any atom is -0.390 e. The third kappa shape index (κ3) is 2.70. The van der Waals surface area contributed by atoms with E-state index in [1.54, 1.807) is 0 Å². The van der Waals surface area contributed by atoms with Gasteiger partial charge in [0.15, 0.2) is 0 Å². The highest BCUT2D eigenvalue weighted by Gasteiger charge is 2.27. The van der Waals surface area contributed by atoms with Crippen molar-refractivity contribution in [2.45, 2.75) is 31.8 Å². The molecule has 0 radical (unpaired) electrons. The summed E-state index contributed by atoms with van der Waals surface area (Å²) in [6.45, 7) is 3.03. The molecule has 106 valence electrons. The van der Waals surface area contributed by atoms with E-state index in [1.807, 2.05) is 11.8 Å². The summed E-state index contributed by atoms with van der Waals surface area (Å²) in [7, 11) is 2.98. The molecule has 0 aliphatic carbocycles. The molecule has 1 aromatic rings. The van der Waals surface area contributed by atoms with Crippen LogP contribution >= 0.6 is 0 Å². The smallest absolute Gasteiger partial charge is 0.346 e. The fourth-order valence-corrected chi connectivity index (χ4v) is 2.36. The highest BCUT2D eigenvalue weighted by atomic mass is 16.3. The Morgan fingerprint density at radius 1 is 1.21 bits per heavy atom. The average Bonchev–Trinajstić information content (AvgIpc) is 2.52. The van der Waals surface area contributed by atoms with Gasteiger partial charge in [0, 0.05) is 27.2 Å². The van der Waals surface area contributed by atoms with E-state index in [1.165, 1.54) is 18.8 Å². The number of aryl methyl sites for hydroxylation is 1. The third-order valence-corrected chi connectivity index (χ3v) is 3.67. The number of aliphatic hydroxyl groups is 1. The van der Waals surface area contributed by atoms with Gasteiger partial charge in [-0.15, -0.1) is 5.10 Å². The van der Waals surface area contributed by atoms with Crippen molar-refractivity contribution in [1.29, 1.82) is 0 Å². The molecule has 1 aliphatic heterocycles. The van der Waals surface area contributed by atoms with Crippen molar-refractivity contribution >= 4 is 5.82 Å². The first-order valence-electron chi connectivity index (χ1n) is 6.43. The van der Waals surface area contributed by atoms with Crippen molar-refractivity contribution in [3.8, 4) is 0 Å². The van der Waals surface area contributed by atoms with Crippen molar-refractivity contribution in [3.63, 3.8) is 0 Å². The van der Waals surface area contributed by atoms with Gasteiger partial charge in [-0.1, -0.05) is 0 Å². The van der Waals surface area contributed by atoms with Gasteiger partial charge in [0.1, 0.15) is 0 Å². The van der Waals surface area contributed by atoms with Gasteiger partial charge >= 0.3 is 5.69 Å². The second-order valence-corrected chi connectivity index (χ2v) is 5.43. The molecule has 0 spiro atoms. The molecule has 2 heterocycles. The van der Waals surface area contributed by atoms with Crippen LogP contribution in [0, 0.1) is 0 Å². The molecule has 0 amide bonds. The van der Waals surface area contributed by atoms with Crippen molar-refractivity contribution in [2.75, 3.05) is 18.0 Å². The van der Waals surface area contributed by atoms with E-state index in [0.717, 1.165) is 11.0 Å². The van der Waals surface area contributed by atoms with Crippen LogP contribution in [0.2, 0.25) is 0 Å². The summed E-state index contributed by atoms with van der Waals surface area (Å²) in [5.74, 6) is 0.280. The molecule has 0 saturated carbocycles. The van der Waals surface area contributed by atoms with E-state index < -0.39 is 11.3 Å². The Labute approximate surface area is 111 Å². The zero-order chi connectivity index (χ0) is 14.2. The Kier molecular flexibility index (Phi) is 3.49. The summed E-state index contributed by atoms with van der Waals surface area (Å²) in [6.07, 6.45) is 2.08. The number of hydrogen-bond donors (Lipinski definition) is 1. The number of aromatic nitrogens is 3. The normalized spacial score (nSPS) is 24.3. The predicted octanol–water partition coefficient (Wildman–Crippen LogP) is -0.780. The summed E-state index contributed by atoms with van der Waals surface area (Å²) < 4.78 is 2.23. The molecule has 1 aliphatic rings. The van der Waals surface area contributed by atoms with Gasteiger partial charge in [0.05, 0.1) is 5.60 Å². The molecular weight excluding hydrogens is 248 g/mol. The molecule has 1 N–H and O–H groups in total. The van der Waals surface area contributed by atoms with Gasteiger partial charge in [0.2, 0.25) is 5.82 Å². The molecule has 1 aromatic heterocycles. The first-order chi connectivity index (χ1) is 8.82. The van der Waals surface area contributed by atoms with Crippen LogP contribution in [0.15, 0.2) is 9.59 Å². The maximum absolute atomic E-state index is 12.1. The lowest BCUT2D eigenvalue weighted by atomic mass is 9.98. The molecule has 19 heavy (non-hydrogen) atoms. The standard InChI is InChI=1S/C12H20N4O3/c1-12(19)5-4-7-16(8-6-12)9-10(17)14(2)11(18)15(3)13-9/h19H,4-8H2,1-3H3. The Bertz CT molecular complexity index is 588. The van der Waals surface area contributed by atoms with Gasteiger partial charge in [-0.05, 0) is 26.2 Å². The van der Waals surface area contributed by atoms with Crippen LogP contribution in [0.4, 0.5) is 5.82 Å². The van der Waals surface area contributed by atoms with Crippen molar-refractivity contribution in [1.82, 2.24) is 14.3 Å². The van der Waals surface area contributed by atoms with Gasteiger partial charge in [0.25, 0.3) is 5.56 Å². The van der Waals surface area contributed by atoms with E-state index >= 15 is 0 Å². The molecule has 0 aromatic carbocycles. The first-order valence-corrected chi connectivity index (χ1v) is 6.43. The second kappa shape index (κ2) is 4.80. The highest BCUT2D eigenvalue weighted by Crippen LogP contribution is 2.22. The van der Waals surface area contributed by atoms with Crippen molar-refractivity contribution < 1.29 is 5.11 Å². The van der Waals surface area contributed by atoms with E-state index in [0.29, 0.717) is 25.9 Å². The minimum absolute atomic E-state index is 0.280. The van der Waals surface area contributed by atoms with E-state index in [4.69, 9.17) is 0 Å². The monoisotopic (exact) mass is 268 g/mol. The van der Waals surface area contributed by atoms with Crippen LogP contribution in [0.5, 0.6) is 0 Å². The van der Waals surface area contributed by atoms with Crippen LogP contribution < -0.4 is 16.1 Å². The number of rotatable bonds is 1. The van der Waals surface area contributed by atoms with E-state index in [2.05, 4.69) is 5.10 Å². The van der Waals surface area contributed by atoms with Crippen LogP contribution in [0.25, 0.3) is 0 Å². The zero-order valence-electron chi connectivity index (χ0n) is 11.6. The zero-order valence-corrected chi connectivity index (χ0v) is 11.6. The Hall–Kier alpha value is -1.63. The Morgan fingerprint density at radius 2 is 1.89 bits per heavy atom. The lowest BCUT2D eigenvalue weighted by molar-refractivity contribution is 0.0481. The number of hydrogen-bond acceptors (Lipinski definition) is 5. The topological polar surface area (TPSA) is 80.4 Å². The molecule has 0 bridgehead atoms. The van der Waals surface area contributed by atoms with Crippen LogP contribution in [-0.2, 0) is 14.1 Å². The van der Waals surface area contributed by atoms with Gasteiger partial charge in [-0.3, -0.25) is 9.36 Å². The predicted molar refractivity (Wildman–Crippen MR) is 71.4 cm³/mol. The molecule has 7 nitrogen and oxygen atoms in total. The van der Waals surface area contributed by atoms with Crippen LogP contribution in [-0.4, -0.2) is 38.1 Å². The molecular formula is C12H20N4O3. The lowest BCUT2D eigenvalue weighted by Crippen LogP contribution is -2.43. The van der Waals surface area contributed by atoms with Gasteiger partial charge in [-0.2, -0.15) is 0 Å². The van der Waals surface area contributed by atoms with E-state index in [9.17, 15) is 14.7 Å². The first kappa shape index (κ1) is 13.8. The fourth-order valence-electron chi connectivity index (χ4n) is 2.36. The van der Waals surface area contributed by atoms with Gasteiger partial charge in [-0.25, -0.2) is 9.48 Å². The van der Waals surface area contributed by atoms with E-state index in [-0.39, 0.29) is 11.4 Å². The quantitative estimate of drug-likeness (QED) is 0.723. The number of nitrogens with zero attached hydrogens (tertiary/aromatic N) is 4. The largest absolute Gasteiger partial charge is 0.390 e. The molecule has 7 heteroatoms. The summed E-state index contributed by atoms with van der Waals surface area (Å²) in [5.41, 5.74) is -1.51. The average molecular weight is 268 g/mol. The Morgan fingerprint density at radius 3 is 2.58 bits per heavy atom. The lowest BCUT2D eigenvalue weighted by Gasteiger charge is -2.23. The molecule has 1 unspecified atom stereocenters. The van der Waals surface area contributed by atoms with Crippen molar-refractivity contribution in [2.24, 2.45) is 14.1 Å². The maximum atomic E-state index is 12.1. The van der Waals surface area contributed by atoms with Crippen molar-refractivity contribution in [3.05, 3.63) is 20.8 Å². The second-order valence-electron chi connectivity index (χ2n) is 5.43. The van der Waals surface area contributed by atoms with Crippen LogP contribution in [0.3, 0.4) is 0 Å². The number of anilines is 1. The Balaban J connectivity index is 2.38. The molecule has 1 atom stereocenters. The molecule has 2 rings (SSSR count). The van der Waals surface area contributed by atoms with Gasteiger partial charge < -0.3 is 10.0 Å². The summed E-state index contributed by atoms with van der Waals surface area (Å²) in [4.78, 5) is 25.5. The summed E-state index contributed by atoms with van der Waals surface area (Å²) >= 11 is 0. The highest BCUT2D eigenvalue weighted by molar-refractivity contribution is 5.34. The minimum atomic E-state index is -0.694. The SMILES string of the molecule is Cn1nc(N2CCCC(C)(O)CC2)c(=O)n(C)c1=O.